The SMILES string of the molecule is COc1cc(C=CC2C3=CCC4C(=O)N(CCCC(=O)O)C(=O)C4C3CC3=C2C(=O)C(C)=CC3=O)cc(OC)c1O. The molecule has 1 aromatic carbocycles. The third-order valence-corrected chi connectivity index (χ3v) is 8.46. The van der Waals surface area contributed by atoms with Gasteiger partial charge in [-0.15, -0.1) is 0 Å². The van der Waals surface area contributed by atoms with Crippen molar-refractivity contribution in [1.29, 1.82) is 0 Å². The van der Waals surface area contributed by atoms with E-state index in [2.05, 4.69) is 0 Å². The highest BCUT2D eigenvalue weighted by molar-refractivity contribution is 6.23. The summed E-state index contributed by atoms with van der Waals surface area (Å²) in [4.78, 5) is 65.5. The lowest BCUT2D eigenvalue weighted by atomic mass is 9.60. The lowest BCUT2D eigenvalue weighted by Crippen LogP contribution is -2.40. The summed E-state index contributed by atoms with van der Waals surface area (Å²) in [7, 11) is 2.83. The van der Waals surface area contributed by atoms with Crippen molar-refractivity contribution in [3.05, 3.63) is 58.2 Å². The Bertz CT molecular complexity index is 1470. The van der Waals surface area contributed by atoms with Crippen molar-refractivity contribution >= 4 is 35.4 Å². The molecule has 10 nitrogen and oxygen atoms in total. The summed E-state index contributed by atoms with van der Waals surface area (Å²) >= 11 is 0. The Morgan fingerprint density at radius 3 is 2.39 bits per heavy atom. The van der Waals surface area contributed by atoms with E-state index in [4.69, 9.17) is 14.6 Å². The Kier molecular flexibility index (Phi) is 7.42. The minimum Gasteiger partial charge on any atom is -0.502 e. The number of carboxylic acid groups (broad SMARTS) is 1. The number of hydrogen-bond donors (Lipinski definition) is 2. The normalized spacial score (nSPS) is 25.6. The lowest BCUT2D eigenvalue weighted by Gasteiger charge is -2.41. The molecule has 10 heteroatoms. The molecule has 2 N–H and O–H groups in total. The fraction of sp³-hybridized carbons (Fsp3) is 0.387. The summed E-state index contributed by atoms with van der Waals surface area (Å²) < 4.78 is 10.5. The minimum absolute atomic E-state index is 0.0279. The molecule has 1 aromatic rings. The average Bonchev–Trinajstić information content (AvgIpc) is 3.19. The molecule has 0 radical (unpaired) electrons. The Hall–Kier alpha value is -4.47. The van der Waals surface area contributed by atoms with Gasteiger partial charge in [-0.3, -0.25) is 28.9 Å². The molecule has 4 unspecified atom stereocenters. The van der Waals surface area contributed by atoms with Crippen LogP contribution in [-0.2, 0) is 24.0 Å². The first-order valence-electron chi connectivity index (χ1n) is 13.5. The number of rotatable bonds is 8. The van der Waals surface area contributed by atoms with E-state index < -0.39 is 29.6 Å². The zero-order valence-electron chi connectivity index (χ0n) is 23.0. The molecule has 1 saturated heterocycles. The van der Waals surface area contributed by atoms with Gasteiger partial charge in [-0.2, -0.15) is 0 Å². The number of fused-ring (bicyclic) bond motifs is 3. The molecular formula is C31H31NO9. The van der Waals surface area contributed by atoms with Crippen LogP contribution in [-0.4, -0.2) is 65.2 Å². The number of carbonyl (C=O) groups is 5. The van der Waals surface area contributed by atoms with Gasteiger partial charge in [0, 0.05) is 35.6 Å². The second-order valence-electron chi connectivity index (χ2n) is 10.7. The summed E-state index contributed by atoms with van der Waals surface area (Å²) in [5, 5.41) is 19.3. The molecule has 4 aliphatic rings. The quantitative estimate of drug-likeness (QED) is 0.277. The van der Waals surface area contributed by atoms with Crippen LogP contribution in [0.4, 0.5) is 0 Å². The topological polar surface area (TPSA) is 148 Å². The molecule has 214 valence electrons. The molecule has 1 fully saturated rings. The van der Waals surface area contributed by atoms with Gasteiger partial charge in [-0.25, -0.2) is 0 Å². The van der Waals surface area contributed by atoms with Gasteiger partial charge in [0.2, 0.25) is 17.6 Å². The van der Waals surface area contributed by atoms with E-state index in [0.717, 1.165) is 10.5 Å². The number of nitrogens with zero attached hydrogens (tertiary/aromatic N) is 1. The number of Topliss-reactive ketones (excluding diaryl/α,β-unsaturated/α-hetero) is 1. The molecule has 5 rings (SSSR count). The Labute approximate surface area is 236 Å². The number of aliphatic carboxylic acids is 1. The second kappa shape index (κ2) is 10.8. The summed E-state index contributed by atoms with van der Waals surface area (Å²) in [5.41, 5.74) is 2.49. The largest absolute Gasteiger partial charge is 0.502 e. The molecular weight excluding hydrogens is 530 g/mol. The van der Waals surface area contributed by atoms with Gasteiger partial charge in [0.1, 0.15) is 0 Å². The zero-order valence-corrected chi connectivity index (χ0v) is 23.0. The third-order valence-electron chi connectivity index (χ3n) is 8.46. The van der Waals surface area contributed by atoms with Gasteiger partial charge in [0.05, 0.1) is 26.1 Å². The maximum atomic E-state index is 13.6. The van der Waals surface area contributed by atoms with Crippen molar-refractivity contribution in [2.75, 3.05) is 20.8 Å². The average molecular weight is 562 g/mol. The number of imide groups is 1. The number of phenolic OH excluding ortho intramolecular Hbond substituents is 1. The number of carbonyl (C=O) groups excluding carboxylic acids is 4. The van der Waals surface area contributed by atoms with Gasteiger partial charge in [0.15, 0.2) is 23.1 Å². The second-order valence-corrected chi connectivity index (χ2v) is 10.7. The van der Waals surface area contributed by atoms with Crippen molar-refractivity contribution in [2.24, 2.45) is 23.7 Å². The highest BCUT2D eigenvalue weighted by atomic mass is 16.5. The molecule has 0 aromatic heterocycles. The number of likely N-dealkylation sites (tertiary alicyclic amines) is 1. The smallest absolute Gasteiger partial charge is 0.303 e. The highest BCUT2D eigenvalue weighted by Crippen LogP contribution is 2.52. The van der Waals surface area contributed by atoms with E-state index in [1.54, 1.807) is 31.2 Å². The summed E-state index contributed by atoms with van der Waals surface area (Å²) in [6.45, 7) is 1.63. The van der Waals surface area contributed by atoms with E-state index in [9.17, 15) is 29.1 Å². The van der Waals surface area contributed by atoms with Crippen LogP contribution in [0.2, 0.25) is 0 Å². The van der Waals surface area contributed by atoms with Crippen LogP contribution in [0.25, 0.3) is 6.08 Å². The molecule has 0 spiro atoms. The van der Waals surface area contributed by atoms with Gasteiger partial charge in [-0.1, -0.05) is 23.8 Å². The van der Waals surface area contributed by atoms with E-state index in [-0.39, 0.29) is 66.4 Å². The Morgan fingerprint density at radius 1 is 1.07 bits per heavy atom. The van der Waals surface area contributed by atoms with Crippen LogP contribution in [0.3, 0.4) is 0 Å². The molecule has 3 aliphatic carbocycles. The number of phenols is 1. The molecule has 2 amide bonds. The molecule has 1 aliphatic heterocycles. The first kappa shape index (κ1) is 28.1. The maximum absolute atomic E-state index is 13.6. The van der Waals surface area contributed by atoms with Gasteiger partial charge in [-0.05, 0) is 55.9 Å². The number of ether oxygens (including phenoxy) is 2. The Balaban J connectivity index is 1.55. The van der Waals surface area contributed by atoms with E-state index in [1.165, 1.54) is 20.3 Å². The van der Waals surface area contributed by atoms with Crippen molar-refractivity contribution in [2.45, 2.75) is 32.6 Å². The van der Waals surface area contributed by atoms with Crippen molar-refractivity contribution < 1.29 is 43.7 Å². The van der Waals surface area contributed by atoms with Crippen molar-refractivity contribution in [3.8, 4) is 17.2 Å². The molecule has 1 heterocycles. The van der Waals surface area contributed by atoms with E-state index in [0.29, 0.717) is 28.7 Å². The zero-order chi connectivity index (χ0) is 29.6. The third kappa shape index (κ3) is 4.77. The van der Waals surface area contributed by atoms with Crippen LogP contribution in [0, 0.1) is 23.7 Å². The number of aromatic hydroxyl groups is 1. The number of carboxylic acids is 1. The van der Waals surface area contributed by atoms with Crippen molar-refractivity contribution in [3.63, 3.8) is 0 Å². The van der Waals surface area contributed by atoms with Crippen LogP contribution in [0.1, 0.15) is 38.2 Å². The van der Waals surface area contributed by atoms with Crippen LogP contribution in [0.5, 0.6) is 17.2 Å². The van der Waals surface area contributed by atoms with E-state index >= 15 is 0 Å². The first-order chi connectivity index (χ1) is 19.6. The Morgan fingerprint density at radius 2 is 1.76 bits per heavy atom. The van der Waals surface area contributed by atoms with Gasteiger partial charge in [0.25, 0.3) is 0 Å². The predicted molar refractivity (Wildman–Crippen MR) is 146 cm³/mol. The molecule has 0 bridgehead atoms. The summed E-state index contributed by atoms with van der Waals surface area (Å²) in [6.07, 6.45) is 7.28. The van der Waals surface area contributed by atoms with Crippen LogP contribution in [0.15, 0.2) is 52.7 Å². The molecule has 41 heavy (non-hydrogen) atoms. The number of allylic oxidation sites excluding steroid dienone is 7. The minimum atomic E-state index is -1.00. The maximum Gasteiger partial charge on any atom is 0.303 e. The number of amides is 2. The summed E-state index contributed by atoms with van der Waals surface area (Å²) in [5.74, 6) is -4.31. The summed E-state index contributed by atoms with van der Waals surface area (Å²) in [6, 6.07) is 3.23. The fourth-order valence-corrected chi connectivity index (χ4v) is 6.53. The predicted octanol–water partition coefficient (Wildman–Crippen LogP) is 3.25. The van der Waals surface area contributed by atoms with Crippen molar-refractivity contribution in [1.82, 2.24) is 4.90 Å². The fourth-order valence-electron chi connectivity index (χ4n) is 6.53. The first-order valence-corrected chi connectivity index (χ1v) is 13.5. The molecule has 0 saturated carbocycles. The number of ketones is 2. The molecule has 4 atom stereocenters. The van der Waals surface area contributed by atoms with Crippen LogP contribution >= 0.6 is 0 Å². The monoisotopic (exact) mass is 561 g/mol. The standard InChI is InChI=1S/C31H31NO9/c1-15-11-22(33)21-14-20-17(8-9-19-27(20)31(39)32(30(19)38)10-4-5-25(34)35)18(26(21)28(15)36)7-6-16-12-23(40-2)29(37)24(13-16)41-3/h6-8,11-13,18-20,27,37H,4-5,9-10,14H2,1-3H3,(H,34,35). The van der Waals surface area contributed by atoms with Crippen LogP contribution < -0.4 is 9.47 Å². The number of hydrogen-bond acceptors (Lipinski definition) is 8. The van der Waals surface area contributed by atoms with E-state index in [1.807, 2.05) is 6.08 Å². The number of methoxy groups -OCH3 is 2. The highest BCUT2D eigenvalue weighted by Gasteiger charge is 2.55. The van der Waals surface area contributed by atoms with Gasteiger partial charge >= 0.3 is 5.97 Å². The van der Waals surface area contributed by atoms with Gasteiger partial charge < -0.3 is 19.7 Å². The lowest BCUT2D eigenvalue weighted by molar-refractivity contribution is -0.142. The number of benzene rings is 1.